The Morgan fingerprint density at radius 1 is 0.905 bits per heavy atom. The molecule has 0 atom stereocenters. The van der Waals surface area contributed by atoms with Crippen LogP contribution in [-0.2, 0) is 11.3 Å². The minimum Gasteiger partial charge on any atom is -0.299 e. The van der Waals surface area contributed by atoms with E-state index < -0.39 is 23.8 Å². The number of urea groups is 1. The largest absolute Gasteiger partial charge is 0.343 e. The fourth-order valence-electron chi connectivity index (χ4n) is 6.17. The van der Waals surface area contributed by atoms with Crippen LogP contribution in [0.2, 0.25) is 0 Å². The summed E-state index contributed by atoms with van der Waals surface area (Å²) in [6.07, 6.45) is 1.93. The van der Waals surface area contributed by atoms with E-state index >= 15 is 0 Å². The molecule has 42 heavy (non-hydrogen) atoms. The Hall–Kier alpha value is -4.48. The van der Waals surface area contributed by atoms with E-state index in [0.717, 1.165) is 63.2 Å². The molecule has 0 bridgehead atoms. The maximum atomic E-state index is 13.2. The van der Waals surface area contributed by atoms with Crippen LogP contribution in [0.1, 0.15) is 63.0 Å². The molecule has 5 amide bonds. The monoisotopic (exact) mass is 580 g/mol. The second-order valence-corrected chi connectivity index (χ2v) is 11.8. The van der Waals surface area contributed by atoms with Crippen molar-refractivity contribution in [1.29, 1.82) is 0 Å². The molecule has 0 aliphatic carbocycles. The molecule has 2 aromatic carbocycles. The fraction of sp³-hybridized carbons (Fsp3) is 0.290. The molecule has 11 heteroatoms. The van der Waals surface area contributed by atoms with Gasteiger partial charge in [-0.1, -0.05) is 36.4 Å². The molecule has 2 fully saturated rings. The van der Waals surface area contributed by atoms with E-state index in [1.54, 1.807) is 23.5 Å². The Morgan fingerprint density at radius 2 is 1.67 bits per heavy atom. The van der Waals surface area contributed by atoms with E-state index in [2.05, 4.69) is 39.9 Å². The van der Waals surface area contributed by atoms with Crippen molar-refractivity contribution in [2.24, 2.45) is 0 Å². The third-order valence-corrected chi connectivity index (χ3v) is 9.11. The Balaban J connectivity index is 1.07. The van der Waals surface area contributed by atoms with Crippen molar-refractivity contribution in [2.45, 2.75) is 38.6 Å². The Morgan fingerprint density at radius 3 is 2.43 bits per heavy atom. The zero-order valence-electron chi connectivity index (χ0n) is 23.0. The summed E-state index contributed by atoms with van der Waals surface area (Å²) in [5.41, 5.74) is 4.96. The molecule has 5 heterocycles. The first-order chi connectivity index (χ1) is 20.4. The SMILES string of the molecule is Cc1nc(C2CCN(Cc3ccc4c(c3)C(=O)N(N3CCC(=O)NC3=O)C4=O)CC2)c2c(-c3ccccc3)csc2n1. The topological polar surface area (TPSA) is 116 Å². The van der Waals surface area contributed by atoms with Crippen molar-refractivity contribution in [3.8, 4) is 11.1 Å². The van der Waals surface area contributed by atoms with Crippen molar-refractivity contribution >= 4 is 45.3 Å². The highest BCUT2D eigenvalue weighted by Crippen LogP contribution is 2.40. The maximum Gasteiger partial charge on any atom is 0.343 e. The average Bonchev–Trinajstić information content (AvgIpc) is 3.52. The molecule has 0 unspecified atom stereocenters. The first-order valence-corrected chi connectivity index (χ1v) is 14.9. The lowest BCUT2D eigenvalue weighted by atomic mass is 9.89. The molecular weight excluding hydrogens is 552 g/mol. The number of carbonyl (C=O) groups excluding carboxylic acids is 4. The van der Waals surface area contributed by atoms with Gasteiger partial charge in [0.05, 0.1) is 23.4 Å². The number of nitrogens with one attached hydrogen (secondary N) is 1. The first kappa shape index (κ1) is 26.4. The predicted molar refractivity (Wildman–Crippen MR) is 157 cm³/mol. The number of hydrogen-bond acceptors (Lipinski definition) is 8. The molecule has 1 N–H and O–H groups in total. The number of thiophene rings is 1. The molecule has 0 saturated carbocycles. The van der Waals surface area contributed by atoms with Crippen molar-refractivity contribution in [3.05, 3.63) is 82.1 Å². The van der Waals surface area contributed by atoms with E-state index in [1.165, 1.54) is 11.1 Å². The van der Waals surface area contributed by atoms with Crippen LogP contribution in [0.4, 0.5) is 4.79 Å². The highest BCUT2D eigenvalue weighted by atomic mass is 32.1. The Bertz CT molecular complexity index is 1760. The van der Waals surface area contributed by atoms with Crippen LogP contribution >= 0.6 is 11.3 Å². The second-order valence-electron chi connectivity index (χ2n) is 10.9. The predicted octanol–water partition coefficient (Wildman–Crippen LogP) is 4.50. The molecule has 2 aromatic heterocycles. The van der Waals surface area contributed by atoms with E-state index in [1.807, 2.05) is 19.1 Å². The highest BCUT2D eigenvalue weighted by molar-refractivity contribution is 7.17. The summed E-state index contributed by atoms with van der Waals surface area (Å²) in [4.78, 5) is 63.1. The van der Waals surface area contributed by atoms with Crippen LogP contribution < -0.4 is 5.32 Å². The standard InChI is InChI=1S/C31H28N6O4S/c1-18-32-27(26-24(17-42-28(26)33-18)20-5-3-2-4-6-20)21-9-12-35(13-10-21)16-19-7-8-22-23(15-19)30(40)37(29(22)39)36-14-11-25(38)34-31(36)41/h2-8,15,17,21H,9-14,16H2,1H3,(H,34,38,41). The lowest BCUT2D eigenvalue weighted by Gasteiger charge is -2.32. The van der Waals surface area contributed by atoms with Gasteiger partial charge in [0.15, 0.2) is 0 Å². The van der Waals surface area contributed by atoms with Crippen molar-refractivity contribution in [1.82, 2.24) is 30.2 Å². The number of likely N-dealkylation sites (tertiary alicyclic amines) is 1. The number of aryl methyl sites for hydroxylation is 1. The molecule has 10 nitrogen and oxygen atoms in total. The summed E-state index contributed by atoms with van der Waals surface area (Å²) >= 11 is 1.67. The van der Waals surface area contributed by atoms with Gasteiger partial charge in [0.25, 0.3) is 11.8 Å². The number of carbonyl (C=O) groups is 4. The number of rotatable bonds is 5. The van der Waals surface area contributed by atoms with Gasteiger partial charge in [-0.05, 0) is 56.1 Å². The van der Waals surface area contributed by atoms with Crippen LogP contribution in [-0.4, -0.2) is 68.3 Å². The maximum absolute atomic E-state index is 13.2. The van der Waals surface area contributed by atoms with E-state index in [4.69, 9.17) is 9.97 Å². The Kier molecular flexibility index (Phi) is 6.55. The molecular formula is C31H28N6O4S. The van der Waals surface area contributed by atoms with Crippen molar-refractivity contribution < 1.29 is 19.2 Å². The highest BCUT2D eigenvalue weighted by Gasteiger charge is 2.43. The summed E-state index contributed by atoms with van der Waals surface area (Å²) in [5.74, 6) is -0.417. The minimum atomic E-state index is -0.765. The minimum absolute atomic E-state index is 0.0195. The van der Waals surface area contributed by atoms with E-state index in [-0.39, 0.29) is 24.1 Å². The summed E-state index contributed by atoms with van der Waals surface area (Å²) < 4.78 is 0. The molecule has 0 spiro atoms. The number of amides is 5. The van der Waals surface area contributed by atoms with Crippen LogP contribution in [0.5, 0.6) is 0 Å². The van der Waals surface area contributed by atoms with Gasteiger partial charge in [0.2, 0.25) is 5.91 Å². The first-order valence-electron chi connectivity index (χ1n) is 14.0. The lowest BCUT2D eigenvalue weighted by molar-refractivity contribution is -0.122. The number of aromatic nitrogens is 2. The number of hydrazine groups is 1. The zero-order valence-corrected chi connectivity index (χ0v) is 23.8. The normalized spacial score (nSPS) is 18.2. The summed E-state index contributed by atoms with van der Waals surface area (Å²) in [6, 6.07) is 14.9. The van der Waals surface area contributed by atoms with Crippen molar-refractivity contribution in [2.75, 3.05) is 19.6 Å². The van der Waals surface area contributed by atoms with Gasteiger partial charge in [0, 0.05) is 35.2 Å². The average molecular weight is 581 g/mol. The van der Waals surface area contributed by atoms with Crippen LogP contribution in [0.15, 0.2) is 53.9 Å². The van der Waals surface area contributed by atoms with Gasteiger partial charge in [-0.3, -0.25) is 24.6 Å². The van der Waals surface area contributed by atoms with E-state index in [0.29, 0.717) is 12.5 Å². The molecule has 4 aromatic rings. The third kappa shape index (κ3) is 4.54. The van der Waals surface area contributed by atoms with Gasteiger partial charge in [-0.2, -0.15) is 5.01 Å². The van der Waals surface area contributed by atoms with Gasteiger partial charge in [-0.25, -0.2) is 19.8 Å². The number of fused-ring (bicyclic) bond motifs is 2. The number of imide groups is 2. The molecule has 0 radical (unpaired) electrons. The number of piperidine rings is 1. The van der Waals surface area contributed by atoms with Crippen LogP contribution in [0.25, 0.3) is 21.3 Å². The van der Waals surface area contributed by atoms with Gasteiger partial charge >= 0.3 is 6.03 Å². The van der Waals surface area contributed by atoms with Crippen LogP contribution in [0.3, 0.4) is 0 Å². The molecule has 7 rings (SSSR count). The van der Waals surface area contributed by atoms with Gasteiger partial charge < -0.3 is 0 Å². The lowest BCUT2D eigenvalue weighted by Crippen LogP contribution is -2.58. The summed E-state index contributed by atoms with van der Waals surface area (Å²) in [6.45, 7) is 4.33. The summed E-state index contributed by atoms with van der Waals surface area (Å²) in [7, 11) is 0. The van der Waals surface area contributed by atoms with Gasteiger partial charge in [-0.15, -0.1) is 11.3 Å². The molecule has 2 saturated heterocycles. The molecule has 212 valence electrons. The molecule has 3 aliphatic rings. The third-order valence-electron chi connectivity index (χ3n) is 8.24. The number of nitrogens with zero attached hydrogens (tertiary/aromatic N) is 5. The number of hydrogen-bond donors (Lipinski definition) is 1. The second kappa shape index (κ2) is 10.4. The van der Waals surface area contributed by atoms with E-state index in [9.17, 15) is 19.2 Å². The van der Waals surface area contributed by atoms with Crippen molar-refractivity contribution in [3.63, 3.8) is 0 Å². The van der Waals surface area contributed by atoms with Gasteiger partial charge in [0.1, 0.15) is 10.7 Å². The van der Waals surface area contributed by atoms with Crippen LogP contribution in [0, 0.1) is 6.92 Å². The number of benzene rings is 2. The molecule has 3 aliphatic heterocycles. The quantitative estimate of drug-likeness (QED) is 0.346. The smallest absolute Gasteiger partial charge is 0.299 e. The fourth-order valence-corrected chi connectivity index (χ4v) is 7.17. The summed E-state index contributed by atoms with van der Waals surface area (Å²) in [5, 5.41) is 7.37. The Labute approximate surface area is 245 Å². The zero-order chi connectivity index (χ0) is 29.0.